The molecule has 1 aliphatic rings. The molecule has 1 N–H and O–H groups in total. The number of likely N-dealkylation sites (tertiary alicyclic amines) is 1. The summed E-state index contributed by atoms with van der Waals surface area (Å²) in [6, 6.07) is 4.15. The Morgan fingerprint density at radius 2 is 1.86 bits per heavy atom. The maximum Gasteiger partial charge on any atom is 0.340 e. The highest BCUT2D eigenvalue weighted by molar-refractivity contribution is 5.97. The minimum Gasteiger partial charge on any atom is -0.461 e. The maximum atomic E-state index is 12.6. The summed E-state index contributed by atoms with van der Waals surface area (Å²) in [5, 5.41) is 4.85. The topological polar surface area (TPSA) is 75.7 Å². The quantitative estimate of drug-likeness (QED) is 0.667. The number of hydrogen-bond donors (Lipinski definition) is 1. The molecule has 1 aromatic carbocycles. The number of hydrogen-bond acceptors (Lipinski definition) is 5. The van der Waals surface area contributed by atoms with E-state index in [1.54, 1.807) is 6.07 Å². The number of nitrogens with zero attached hydrogens (tertiary/aromatic N) is 1. The van der Waals surface area contributed by atoms with Gasteiger partial charge in [-0.15, -0.1) is 0 Å². The van der Waals surface area contributed by atoms with Gasteiger partial charge in [0.05, 0.1) is 12.0 Å². The Hall–Kier alpha value is -2.60. The van der Waals surface area contributed by atoms with Crippen molar-refractivity contribution in [2.45, 2.75) is 53.0 Å². The molecule has 0 saturated carbocycles. The Kier molecular flexibility index (Phi) is 5.21. The summed E-state index contributed by atoms with van der Waals surface area (Å²) in [4.78, 5) is 27.5. The van der Waals surface area contributed by atoms with Gasteiger partial charge in [0.2, 0.25) is 5.91 Å². The molecule has 2 aromatic heterocycles. The number of fused-ring (bicyclic) bond motifs is 2. The Labute approximate surface area is 169 Å². The third-order valence-corrected chi connectivity index (χ3v) is 6.36. The van der Waals surface area contributed by atoms with Crippen LogP contribution < -0.4 is 10.9 Å². The van der Waals surface area contributed by atoms with Crippen molar-refractivity contribution in [3.05, 3.63) is 45.0 Å². The second kappa shape index (κ2) is 7.67. The van der Waals surface area contributed by atoms with Crippen LogP contribution in [0.4, 0.5) is 0 Å². The fraction of sp³-hybridized carbons (Fsp3) is 0.478. The first-order valence-electron chi connectivity index (χ1n) is 10.4. The molecule has 6 heteroatoms. The van der Waals surface area contributed by atoms with Gasteiger partial charge in [0, 0.05) is 29.4 Å². The predicted octanol–water partition coefficient (Wildman–Crippen LogP) is 3.61. The summed E-state index contributed by atoms with van der Waals surface area (Å²) < 4.78 is 11.3. The van der Waals surface area contributed by atoms with Crippen molar-refractivity contribution in [2.75, 3.05) is 19.6 Å². The Morgan fingerprint density at radius 1 is 1.14 bits per heavy atom. The van der Waals surface area contributed by atoms with Crippen molar-refractivity contribution in [2.24, 2.45) is 0 Å². The van der Waals surface area contributed by atoms with E-state index >= 15 is 0 Å². The van der Waals surface area contributed by atoms with E-state index in [2.05, 4.69) is 17.1 Å². The zero-order valence-corrected chi connectivity index (χ0v) is 17.6. The minimum absolute atomic E-state index is 0.0321. The summed E-state index contributed by atoms with van der Waals surface area (Å²) in [5.74, 6) is 0.710. The molecular weight excluding hydrogens is 368 g/mol. The minimum atomic E-state index is -0.458. The lowest BCUT2D eigenvalue weighted by Crippen LogP contribution is -2.40. The third-order valence-electron chi connectivity index (χ3n) is 6.36. The van der Waals surface area contributed by atoms with Crippen molar-refractivity contribution < 1.29 is 13.6 Å². The molecule has 6 nitrogen and oxygen atoms in total. The van der Waals surface area contributed by atoms with Crippen LogP contribution in [0.25, 0.3) is 21.9 Å². The molecule has 29 heavy (non-hydrogen) atoms. The fourth-order valence-electron chi connectivity index (χ4n) is 4.43. The fourth-order valence-corrected chi connectivity index (χ4v) is 4.43. The molecule has 0 bridgehead atoms. The molecule has 1 fully saturated rings. The molecule has 1 unspecified atom stereocenters. The number of amides is 1. The van der Waals surface area contributed by atoms with Crippen molar-refractivity contribution in [3.63, 3.8) is 0 Å². The summed E-state index contributed by atoms with van der Waals surface area (Å²) in [5.41, 5.74) is 3.03. The van der Waals surface area contributed by atoms with E-state index in [-0.39, 0.29) is 12.3 Å². The van der Waals surface area contributed by atoms with Gasteiger partial charge in [-0.25, -0.2) is 4.79 Å². The van der Waals surface area contributed by atoms with Crippen molar-refractivity contribution >= 4 is 27.8 Å². The number of nitrogens with one attached hydrogen (secondary N) is 1. The number of rotatable bonds is 5. The van der Waals surface area contributed by atoms with E-state index < -0.39 is 5.63 Å². The van der Waals surface area contributed by atoms with Gasteiger partial charge in [0.25, 0.3) is 0 Å². The van der Waals surface area contributed by atoms with Crippen LogP contribution >= 0.6 is 0 Å². The van der Waals surface area contributed by atoms with Gasteiger partial charge in [0.15, 0.2) is 0 Å². The van der Waals surface area contributed by atoms with Gasteiger partial charge >= 0.3 is 5.63 Å². The van der Waals surface area contributed by atoms with Crippen molar-refractivity contribution in [1.82, 2.24) is 10.2 Å². The molecule has 1 amide bonds. The molecule has 154 valence electrons. The van der Waals surface area contributed by atoms with Crippen LogP contribution in [0.5, 0.6) is 0 Å². The lowest BCUT2D eigenvalue weighted by Gasteiger charge is -2.22. The van der Waals surface area contributed by atoms with Crippen LogP contribution in [0.15, 0.2) is 25.8 Å². The first-order chi connectivity index (χ1) is 13.9. The van der Waals surface area contributed by atoms with Crippen LogP contribution in [-0.4, -0.2) is 36.5 Å². The second-order valence-electron chi connectivity index (χ2n) is 8.03. The van der Waals surface area contributed by atoms with Crippen LogP contribution in [0, 0.1) is 20.8 Å². The van der Waals surface area contributed by atoms with Crippen LogP contribution in [0.2, 0.25) is 0 Å². The lowest BCUT2D eigenvalue weighted by molar-refractivity contribution is -0.120. The van der Waals surface area contributed by atoms with E-state index in [0.717, 1.165) is 47.2 Å². The smallest absolute Gasteiger partial charge is 0.340 e. The zero-order valence-electron chi connectivity index (χ0n) is 17.6. The molecule has 3 heterocycles. The van der Waals surface area contributed by atoms with Gasteiger partial charge in [-0.05, 0) is 63.9 Å². The van der Waals surface area contributed by atoms with E-state index in [1.165, 1.54) is 6.42 Å². The molecule has 0 radical (unpaired) electrons. The van der Waals surface area contributed by atoms with E-state index in [1.807, 2.05) is 26.8 Å². The zero-order chi connectivity index (χ0) is 20.7. The van der Waals surface area contributed by atoms with E-state index in [0.29, 0.717) is 29.3 Å². The summed E-state index contributed by atoms with van der Waals surface area (Å²) >= 11 is 0. The standard InChI is InChI=1S/C23H28N2O4/c1-5-25-8-6-7-16(25)12-24-22(26)10-19-14(3)18-9-17-13(2)15(4)28-20(17)11-21(18)29-23(19)27/h9,11,16H,5-8,10,12H2,1-4H3,(H,24,26). The Bertz CT molecular complexity index is 1140. The molecule has 4 rings (SSSR count). The molecule has 1 atom stereocenters. The number of carbonyl (C=O) groups is 1. The predicted molar refractivity (Wildman–Crippen MR) is 113 cm³/mol. The van der Waals surface area contributed by atoms with Crippen molar-refractivity contribution in [3.8, 4) is 0 Å². The van der Waals surface area contributed by atoms with Gasteiger partial charge in [0.1, 0.15) is 16.9 Å². The monoisotopic (exact) mass is 396 g/mol. The molecule has 1 aliphatic heterocycles. The highest BCUT2D eigenvalue weighted by atomic mass is 16.4. The second-order valence-corrected chi connectivity index (χ2v) is 8.03. The average Bonchev–Trinajstić information content (AvgIpc) is 3.26. The SMILES string of the molecule is CCN1CCCC1CNC(=O)Cc1c(C)c2cc3c(C)c(C)oc3cc2oc1=O. The summed E-state index contributed by atoms with van der Waals surface area (Å²) in [6.07, 6.45) is 2.30. The number of likely N-dealkylation sites (N-methyl/N-ethyl adjacent to an activating group) is 1. The van der Waals surface area contributed by atoms with Crippen molar-refractivity contribution in [1.29, 1.82) is 0 Å². The molecule has 0 spiro atoms. The highest BCUT2D eigenvalue weighted by Gasteiger charge is 2.24. The normalized spacial score (nSPS) is 17.4. The molecule has 0 aliphatic carbocycles. The first-order valence-corrected chi connectivity index (χ1v) is 10.4. The highest BCUT2D eigenvalue weighted by Crippen LogP contribution is 2.31. The van der Waals surface area contributed by atoms with Gasteiger partial charge in [-0.1, -0.05) is 6.92 Å². The number of benzene rings is 1. The molecule has 3 aromatic rings. The summed E-state index contributed by atoms with van der Waals surface area (Å²) in [6.45, 7) is 10.7. The van der Waals surface area contributed by atoms with E-state index in [4.69, 9.17) is 8.83 Å². The third kappa shape index (κ3) is 3.57. The van der Waals surface area contributed by atoms with Gasteiger partial charge < -0.3 is 14.2 Å². The van der Waals surface area contributed by atoms with Gasteiger partial charge in [-0.2, -0.15) is 0 Å². The molecule has 1 saturated heterocycles. The number of aryl methyl sites for hydroxylation is 3. The van der Waals surface area contributed by atoms with Crippen LogP contribution in [-0.2, 0) is 11.2 Å². The summed E-state index contributed by atoms with van der Waals surface area (Å²) in [7, 11) is 0. The lowest BCUT2D eigenvalue weighted by atomic mass is 10.0. The largest absolute Gasteiger partial charge is 0.461 e. The van der Waals surface area contributed by atoms with E-state index in [9.17, 15) is 9.59 Å². The Balaban J connectivity index is 1.59. The average molecular weight is 396 g/mol. The van der Waals surface area contributed by atoms with Gasteiger partial charge in [-0.3, -0.25) is 9.69 Å². The first kappa shape index (κ1) is 19.7. The number of furan rings is 1. The van der Waals surface area contributed by atoms with Crippen LogP contribution in [0.1, 0.15) is 42.2 Å². The Morgan fingerprint density at radius 3 is 2.62 bits per heavy atom. The van der Waals surface area contributed by atoms with Crippen LogP contribution in [0.3, 0.4) is 0 Å². The number of carbonyl (C=O) groups excluding carboxylic acids is 1. The molecular formula is C23H28N2O4. The maximum absolute atomic E-state index is 12.6.